The fraction of sp³-hybridized carbons (Fsp3) is 0.421. The number of rotatable bonds is 9. The molecule has 0 fully saturated rings. The Bertz CT molecular complexity index is 612. The number of aliphatic imine (C=N–C) groups is 1. The molecule has 0 aliphatic rings. The molecule has 0 aliphatic carbocycles. The molecule has 1 aromatic heterocycles. The van der Waals surface area contributed by atoms with Crippen LogP contribution in [0.5, 0.6) is 0 Å². The number of ether oxygens (including phenoxy) is 1. The van der Waals surface area contributed by atoms with Gasteiger partial charge in [-0.05, 0) is 48.6 Å². The second kappa shape index (κ2) is 11.9. The van der Waals surface area contributed by atoms with Crippen LogP contribution >= 0.6 is 24.0 Å². The largest absolute Gasteiger partial charge is 0.467 e. The number of halogens is 1. The van der Waals surface area contributed by atoms with E-state index in [9.17, 15) is 0 Å². The number of nitrogens with one attached hydrogen (secondary N) is 1. The van der Waals surface area contributed by atoms with Gasteiger partial charge in [0.15, 0.2) is 5.96 Å². The molecule has 138 valence electrons. The van der Waals surface area contributed by atoms with Gasteiger partial charge >= 0.3 is 0 Å². The van der Waals surface area contributed by atoms with E-state index in [4.69, 9.17) is 14.9 Å². The van der Waals surface area contributed by atoms with Gasteiger partial charge in [0, 0.05) is 18.8 Å². The Labute approximate surface area is 167 Å². The zero-order valence-electron chi connectivity index (χ0n) is 14.9. The van der Waals surface area contributed by atoms with Crippen LogP contribution in [0.3, 0.4) is 0 Å². The summed E-state index contributed by atoms with van der Waals surface area (Å²) in [7, 11) is 0. The number of hydrogen-bond donors (Lipinski definition) is 2. The molecule has 0 aliphatic heterocycles. The molecule has 5 nitrogen and oxygen atoms in total. The third kappa shape index (κ3) is 7.92. The maximum Gasteiger partial charge on any atom is 0.193 e. The van der Waals surface area contributed by atoms with Crippen LogP contribution in [0.4, 0.5) is 5.69 Å². The zero-order chi connectivity index (χ0) is 17.2. The van der Waals surface area contributed by atoms with Crippen LogP contribution in [0.1, 0.15) is 43.9 Å². The van der Waals surface area contributed by atoms with Crippen LogP contribution in [0.25, 0.3) is 0 Å². The lowest BCUT2D eigenvalue weighted by Crippen LogP contribution is -2.23. The topological polar surface area (TPSA) is 72.8 Å². The van der Waals surface area contributed by atoms with Crippen molar-refractivity contribution in [3.63, 3.8) is 0 Å². The standard InChI is InChI=1S/C19H27N3O2.HI/c1-3-15(2)16-7-9-17(10-8-16)22-19(20)21-11-5-12-23-14-18-6-4-13-24-18;/h4,6-10,13,15H,3,5,11-12,14H2,1-2H3,(H3,20,21,22);1H. The van der Waals surface area contributed by atoms with Crippen LogP contribution in [-0.4, -0.2) is 19.1 Å². The first-order valence-electron chi connectivity index (χ1n) is 8.46. The highest BCUT2D eigenvalue weighted by atomic mass is 127. The number of nitrogens with two attached hydrogens (primary N) is 1. The van der Waals surface area contributed by atoms with E-state index >= 15 is 0 Å². The molecule has 1 atom stereocenters. The van der Waals surface area contributed by atoms with Gasteiger partial charge in [-0.25, -0.2) is 0 Å². The summed E-state index contributed by atoms with van der Waals surface area (Å²) in [6, 6.07) is 12.1. The molecule has 0 spiro atoms. The third-order valence-corrected chi connectivity index (χ3v) is 3.92. The molecule has 3 N–H and O–H groups in total. The van der Waals surface area contributed by atoms with E-state index in [1.54, 1.807) is 6.26 Å². The molecule has 0 saturated carbocycles. The zero-order valence-corrected chi connectivity index (χ0v) is 17.2. The van der Waals surface area contributed by atoms with Crippen molar-refractivity contribution in [2.75, 3.05) is 18.5 Å². The minimum atomic E-state index is 0. The molecule has 0 bridgehead atoms. The number of guanidine groups is 1. The van der Waals surface area contributed by atoms with E-state index in [1.165, 1.54) is 5.56 Å². The molecule has 1 aromatic carbocycles. The van der Waals surface area contributed by atoms with Gasteiger partial charge in [0.25, 0.3) is 0 Å². The Kier molecular flexibility index (Phi) is 10.3. The van der Waals surface area contributed by atoms with Crippen molar-refractivity contribution in [2.45, 2.75) is 39.2 Å². The van der Waals surface area contributed by atoms with Gasteiger partial charge in [0.05, 0.1) is 6.26 Å². The number of hydrogen-bond acceptors (Lipinski definition) is 3. The highest BCUT2D eigenvalue weighted by molar-refractivity contribution is 14.0. The molecule has 1 heterocycles. The fourth-order valence-electron chi connectivity index (χ4n) is 2.25. The summed E-state index contributed by atoms with van der Waals surface area (Å²) >= 11 is 0. The predicted octanol–water partition coefficient (Wildman–Crippen LogP) is 4.74. The summed E-state index contributed by atoms with van der Waals surface area (Å²) in [5.74, 6) is 1.84. The maximum absolute atomic E-state index is 5.90. The lowest BCUT2D eigenvalue weighted by molar-refractivity contribution is 0.105. The molecule has 1 unspecified atom stereocenters. The number of nitrogens with zero attached hydrogens (tertiary/aromatic N) is 1. The van der Waals surface area contributed by atoms with Crippen LogP contribution in [0.2, 0.25) is 0 Å². The van der Waals surface area contributed by atoms with Crippen molar-refractivity contribution in [3.05, 3.63) is 54.0 Å². The quantitative estimate of drug-likeness (QED) is 0.247. The second-order valence-corrected chi connectivity index (χ2v) is 5.81. The van der Waals surface area contributed by atoms with Gasteiger partial charge in [0.1, 0.15) is 12.4 Å². The molecule has 25 heavy (non-hydrogen) atoms. The van der Waals surface area contributed by atoms with Crippen LogP contribution < -0.4 is 11.1 Å². The minimum Gasteiger partial charge on any atom is -0.467 e. The smallest absolute Gasteiger partial charge is 0.193 e. The van der Waals surface area contributed by atoms with Gasteiger partial charge in [-0.15, -0.1) is 24.0 Å². The van der Waals surface area contributed by atoms with Gasteiger partial charge < -0.3 is 20.2 Å². The van der Waals surface area contributed by atoms with Crippen LogP contribution in [0.15, 0.2) is 52.1 Å². The molecular weight excluding hydrogens is 429 g/mol. The Balaban J connectivity index is 0.00000312. The molecule has 2 aromatic rings. The number of anilines is 1. The molecule has 0 radical (unpaired) electrons. The van der Waals surface area contributed by atoms with E-state index in [0.29, 0.717) is 31.6 Å². The molecular formula is C19H28IN3O2. The third-order valence-electron chi connectivity index (χ3n) is 3.92. The Morgan fingerprint density at radius 3 is 2.68 bits per heavy atom. The Morgan fingerprint density at radius 1 is 1.28 bits per heavy atom. The molecule has 6 heteroatoms. The van der Waals surface area contributed by atoms with Crippen molar-refractivity contribution in [3.8, 4) is 0 Å². The average molecular weight is 457 g/mol. The van der Waals surface area contributed by atoms with Gasteiger partial charge in [-0.3, -0.25) is 4.99 Å². The van der Waals surface area contributed by atoms with Crippen LogP contribution in [0, 0.1) is 0 Å². The maximum atomic E-state index is 5.90. The van der Waals surface area contributed by atoms with E-state index in [1.807, 2.05) is 24.3 Å². The van der Waals surface area contributed by atoms with Crippen molar-refractivity contribution in [2.24, 2.45) is 10.7 Å². The minimum absolute atomic E-state index is 0. The summed E-state index contributed by atoms with van der Waals surface area (Å²) in [6.45, 7) is 6.17. The monoisotopic (exact) mass is 457 g/mol. The number of benzene rings is 1. The Hall–Kier alpha value is -1.54. The summed E-state index contributed by atoms with van der Waals surface area (Å²) in [4.78, 5) is 4.31. The van der Waals surface area contributed by atoms with E-state index in [2.05, 4.69) is 36.3 Å². The van der Waals surface area contributed by atoms with Gasteiger partial charge in [-0.2, -0.15) is 0 Å². The summed E-state index contributed by atoms with van der Waals surface area (Å²) in [5, 5.41) is 3.11. The summed E-state index contributed by atoms with van der Waals surface area (Å²) < 4.78 is 10.7. The van der Waals surface area contributed by atoms with E-state index in [0.717, 1.165) is 24.3 Å². The van der Waals surface area contributed by atoms with Gasteiger partial charge in [-0.1, -0.05) is 26.0 Å². The Morgan fingerprint density at radius 2 is 2.04 bits per heavy atom. The molecule has 0 saturated heterocycles. The first-order valence-corrected chi connectivity index (χ1v) is 8.46. The lowest BCUT2D eigenvalue weighted by atomic mass is 9.99. The first kappa shape index (κ1) is 21.5. The summed E-state index contributed by atoms with van der Waals surface area (Å²) in [6.07, 6.45) is 3.60. The highest BCUT2D eigenvalue weighted by Gasteiger charge is 2.02. The normalized spacial score (nSPS) is 12.5. The average Bonchev–Trinajstić information content (AvgIpc) is 3.11. The summed E-state index contributed by atoms with van der Waals surface area (Å²) in [5.41, 5.74) is 8.20. The predicted molar refractivity (Wildman–Crippen MR) is 114 cm³/mol. The van der Waals surface area contributed by atoms with Gasteiger partial charge in [0.2, 0.25) is 0 Å². The molecule has 0 amide bonds. The SMILES string of the molecule is CCC(C)c1ccc(NC(N)=NCCCOCc2ccco2)cc1.I. The van der Waals surface area contributed by atoms with Crippen molar-refractivity contribution >= 4 is 35.6 Å². The van der Waals surface area contributed by atoms with Crippen LogP contribution in [-0.2, 0) is 11.3 Å². The van der Waals surface area contributed by atoms with E-state index < -0.39 is 0 Å². The highest BCUT2D eigenvalue weighted by Crippen LogP contribution is 2.20. The van der Waals surface area contributed by atoms with Crippen molar-refractivity contribution in [1.82, 2.24) is 0 Å². The first-order chi connectivity index (χ1) is 11.7. The van der Waals surface area contributed by atoms with E-state index in [-0.39, 0.29) is 24.0 Å². The fourth-order valence-corrected chi connectivity index (χ4v) is 2.25. The molecule has 2 rings (SSSR count). The second-order valence-electron chi connectivity index (χ2n) is 5.81. The van der Waals surface area contributed by atoms with Crippen molar-refractivity contribution < 1.29 is 9.15 Å². The number of furan rings is 1. The van der Waals surface area contributed by atoms with Crippen molar-refractivity contribution in [1.29, 1.82) is 0 Å². The lowest BCUT2D eigenvalue weighted by Gasteiger charge is -2.10.